The number of likely N-dealkylation sites (tertiary alicyclic amines) is 1. The molecule has 2 aliphatic heterocycles. The lowest BCUT2D eigenvalue weighted by molar-refractivity contribution is -0.142. The Kier molecular flexibility index (Phi) is 10.1. The molecule has 2 aliphatic carbocycles. The largest absolute Gasteiger partial charge is 0.504 e. The molecule has 288 valence electrons. The number of aromatic hydroxyl groups is 1. The summed E-state index contributed by atoms with van der Waals surface area (Å²) in [7, 11) is 1.35. The van der Waals surface area contributed by atoms with Gasteiger partial charge in [0.15, 0.2) is 17.3 Å². The lowest BCUT2D eigenvalue weighted by Gasteiger charge is -2.50. The highest BCUT2D eigenvalue weighted by atomic mass is 127. The number of amides is 4. The van der Waals surface area contributed by atoms with Gasteiger partial charge in [-0.3, -0.25) is 34.3 Å². The van der Waals surface area contributed by atoms with Gasteiger partial charge in [0.05, 0.1) is 44.4 Å². The molecule has 3 fully saturated rings. The average molecular weight is 913 g/mol. The van der Waals surface area contributed by atoms with E-state index in [1.54, 1.807) is 30.3 Å². The van der Waals surface area contributed by atoms with Gasteiger partial charge in [0, 0.05) is 30.1 Å². The number of ether oxygens (including phenoxy) is 1. The second-order valence-corrected chi connectivity index (χ2v) is 15.8. The average Bonchev–Trinajstić information content (AvgIpc) is 3.50. The summed E-state index contributed by atoms with van der Waals surface area (Å²) in [6.45, 7) is -0.107. The SMILES string of the molecule is COc1cc(C2C3=CCC4C(=O)N(CCCC(=O)O)C(=O)C4C3CC3C(=O)N(Nc4ncc(C(F)(F)F)cc4Cl)C(=O)C32c2ccc(Cl)cc2)cc(I)c1O. The van der Waals surface area contributed by atoms with Crippen molar-refractivity contribution in [1.82, 2.24) is 14.9 Å². The number of fused-ring (bicyclic) bond motifs is 4. The Morgan fingerprint density at radius 3 is 2.42 bits per heavy atom. The van der Waals surface area contributed by atoms with E-state index in [0.717, 1.165) is 4.90 Å². The van der Waals surface area contributed by atoms with Crippen LogP contribution in [0.3, 0.4) is 0 Å². The molecule has 1 saturated carbocycles. The van der Waals surface area contributed by atoms with Gasteiger partial charge in [-0.1, -0.05) is 47.0 Å². The van der Waals surface area contributed by atoms with E-state index >= 15 is 4.79 Å². The monoisotopic (exact) mass is 912 g/mol. The van der Waals surface area contributed by atoms with Crippen molar-refractivity contribution >= 4 is 81.2 Å². The van der Waals surface area contributed by atoms with Crippen LogP contribution < -0.4 is 10.2 Å². The molecule has 0 radical (unpaired) electrons. The van der Waals surface area contributed by atoms with Crippen molar-refractivity contribution in [3.8, 4) is 11.5 Å². The maximum absolute atomic E-state index is 15.3. The summed E-state index contributed by atoms with van der Waals surface area (Å²) in [6, 6.07) is 10.1. The van der Waals surface area contributed by atoms with E-state index in [2.05, 4.69) is 10.4 Å². The van der Waals surface area contributed by atoms with E-state index in [1.807, 2.05) is 28.7 Å². The first-order valence-electron chi connectivity index (χ1n) is 17.0. The number of anilines is 1. The van der Waals surface area contributed by atoms with E-state index < -0.39 is 87.2 Å². The Morgan fingerprint density at radius 1 is 1.07 bits per heavy atom. The number of halogens is 6. The van der Waals surface area contributed by atoms with Crippen LogP contribution in [0.15, 0.2) is 60.3 Å². The number of imide groups is 2. The fraction of sp³-hybridized carbons (Fsp3) is 0.351. The van der Waals surface area contributed by atoms with E-state index in [-0.39, 0.29) is 43.7 Å². The maximum Gasteiger partial charge on any atom is 0.417 e. The fourth-order valence-electron chi connectivity index (χ4n) is 8.75. The highest BCUT2D eigenvalue weighted by molar-refractivity contribution is 14.1. The molecule has 6 unspecified atom stereocenters. The number of hydrogen-bond acceptors (Lipinski definition) is 9. The highest BCUT2D eigenvalue weighted by Gasteiger charge is 2.70. The van der Waals surface area contributed by atoms with E-state index in [9.17, 15) is 42.6 Å². The molecule has 2 aromatic carbocycles. The number of phenolic OH excluding ortho intramolecular Hbond substituents is 1. The smallest absolute Gasteiger partial charge is 0.417 e. The zero-order chi connectivity index (χ0) is 39.7. The molecule has 3 heterocycles. The van der Waals surface area contributed by atoms with Crippen molar-refractivity contribution in [3.05, 3.63) is 90.6 Å². The number of aromatic nitrogens is 1. The third-order valence-electron chi connectivity index (χ3n) is 11.0. The first kappa shape index (κ1) is 38.8. The number of carbonyl (C=O) groups is 5. The van der Waals surface area contributed by atoms with Gasteiger partial charge in [-0.2, -0.15) is 18.2 Å². The van der Waals surface area contributed by atoms with Crippen molar-refractivity contribution < 1.29 is 52.1 Å². The third kappa shape index (κ3) is 6.29. The predicted molar refractivity (Wildman–Crippen MR) is 198 cm³/mol. The highest BCUT2D eigenvalue weighted by Crippen LogP contribution is 2.64. The Morgan fingerprint density at radius 2 is 1.78 bits per heavy atom. The predicted octanol–water partition coefficient (Wildman–Crippen LogP) is 6.58. The van der Waals surface area contributed by atoms with Crippen LogP contribution in [-0.2, 0) is 35.6 Å². The zero-order valence-electron chi connectivity index (χ0n) is 28.6. The molecule has 0 spiro atoms. The molecule has 6 atom stereocenters. The number of hydrazine groups is 1. The first-order chi connectivity index (χ1) is 26.0. The van der Waals surface area contributed by atoms with Crippen molar-refractivity contribution in [1.29, 1.82) is 0 Å². The third-order valence-corrected chi connectivity index (χ3v) is 12.4. The van der Waals surface area contributed by atoms with Crippen LogP contribution in [0.2, 0.25) is 10.0 Å². The zero-order valence-corrected chi connectivity index (χ0v) is 32.2. The Hall–Kier alpha value is -4.42. The summed E-state index contributed by atoms with van der Waals surface area (Å²) < 4.78 is 46.2. The van der Waals surface area contributed by atoms with E-state index in [1.165, 1.54) is 13.2 Å². The molecule has 0 bridgehead atoms. The summed E-state index contributed by atoms with van der Waals surface area (Å²) in [6.07, 6.45) is -2.66. The van der Waals surface area contributed by atoms with E-state index in [0.29, 0.717) is 42.6 Å². The van der Waals surface area contributed by atoms with Crippen molar-refractivity contribution in [2.24, 2.45) is 23.7 Å². The number of carboxylic acid groups (broad SMARTS) is 1. The van der Waals surface area contributed by atoms with Crippen LogP contribution in [0, 0.1) is 27.2 Å². The number of carboxylic acids is 1. The number of aliphatic carboxylic acids is 1. The number of pyridine rings is 1. The Labute approximate surface area is 334 Å². The van der Waals surface area contributed by atoms with Crippen LogP contribution in [-0.4, -0.2) is 68.4 Å². The minimum absolute atomic E-state index is 0.0437. The number of nitrogens with zero attached hydrogens (tertiary/aromatic N) is 3. The van der Waals surface area contributed by atoms with Gasteiger partial charge in [-0.15, -0.1) is 0 Å². The van der Waals surface area contributed by atoms with Crippen molar-refractivity contribution in [2.75, 3.05) is 19.1 Å². The maximum atomic E-state index is 15.3. The lowest BCUT2D eigenvalue weighted by atomic mass is 9.49. The number of benzene rings is 2. The van der Waals surface area contributed by atoms with Gasteiger partial charge >= 0.3 is 12.1 Å². The second-order valence-electron chi connectivity index (χ2n) is 13.8. The summed E-state index contributed by atoms with van der Waals surface area (Å²) in [5.41, 5.74) is 1.01. The van der Waals surface area contributed by atoms with Crippen LogP contribution in [0.1, 0.15) is 48.3 Å². The normalized spacial score (nSPS) is 26.1. The lowest BCUT2D eigenvalue weighted by Crippen LogP contribution is -2.53. The number of hydrogen-bond donors (Lipinski definition) is 3. The Balaban J connectivity index is 1.42. The fourth-order valence-corrected chi connectivity index (χ4v) is 9.71. The summed E-state index contributed by atoms with van der Waals surface area (Å²) in [5.74, 6) is -8.96. The van der Waals surface area contributed by atoms with Gasteiger partial charge < -0.3 is 14.9 Å². The topological polar surface area (TPSA) is 166 Å². The molecule has 4 aliphatic rings. The van der Waals surface area contributed by atoms with Crippen LogP contribution in [0.4, 0.5) is 19.0 Å². The van der Waals surface area contributed by atoms with Crippen molar-refractivity contribution in [3.63, 3.8) is 0 Å². The number of phenols is 1. The number of allylic oxidation sites excluding steroid dienone is 2. The minimum Gasteiger partial charge on any atom is -0.504 e. The van der Waals surface area contributed by atoms with Gasteiger partial charge in [-0.05, 0) is 89.2 Å². The molecule has 3 N–H and O–H groups in total. The molecule has 2 saturated heterocycles. The standard InChI is InChI=1S/C37H30Cl2F3IN4O8/c1-55-26-12-16(11-25(43)30(26)50)29-20-8-9-21-28(34(53)46(32(21)51)10-2-3-27(48)49)22(20)14-23-33(52)47(35(54)36(23,29)17-4-6-19(38)7-5-17)45-31-24(39)13-18(15-44-31)37(40,41)42/h4-8,11-13,15,21-23,28-29,50H,2-3,9-10,14H2,1H3,(H,44,45)(H,48,49). The number of nitrogens with one attached hydrogen (secondary N) is 1. The molecule has 1 aromatic heterocycles. The van der Waals surface area contributed by atoms with E-state index in [4.69, 9.17) is 27.9 Å². The Bertz CT molecular complexity index is 2190. The molecule has 3 aromatic rings. The number of carbonyl (C=O) groups excluding carboxylic acids is 4. The molecular weight excluding hydrogens is 883 g/mol. The van der Waals surface area contributed by atoms with Gasteiger partial charge in [-0.25, -0.2) is 4.98 Å². The summed E-state index contributed by atoms with van der Waals surface area (Å²) in [4.78, 5) is 74.1. The molecule has 7 rings (SSSR count). The van der Waals surface area contributed by atoms with Crippen LogP contribution in [0.5, 0.6) is 11.5 Å². The van der Waals surface area contributed by atoms with Crippen LogP contribution in [0.25, 0.3) is 0 Å². The molecule has 4 amide bonds. The first-order valence-corrected chi connectivity index (χ1v) is 18.8. The second kappa shape index (κ2) is 14.3. The molecule has 55 heavy (non-hydrogen) atoms. The summed E-state index contributed by atoms with van der Waals surface area (Å²) >= 11 is 14.5. The molecule has 18 heteroatoms. The van der Waals surface area contributed by atoms with Crippen molar-refractivity contribution in [2.45, 2.75) is 43.2 Å². The van der Waals surface area contributed by atoms with Gasteiger partial charge in [0.25, 0.3) is 11.8 Å². The molecule has 12 nitrogen and oxygen atoms in total. The van der Waals surface area contributed by atoms with Gasteiger partial charge in [0.2, 0.25) is 11.8 Å². The molecular formula is C37H30Cl2F3IN4O8. The summed E-state index contributed by atoms with van der Waals surface area (Å²) in [5, 5.41) is 20.5. The minimum atomic E-state index is -4.77. The van der Waals surface area contributed by atoms with Crippen LogP contribution >= 0.6 is 45.8 Å². The van der Waals surface area contributed by atoms with Gasteiger partial charge in [0.1, 0.15) is 0 Å². The quantitative estimate of drug-likeness (QED) is 0.121. The number of methoxy groups -OCH3 is 1. The number of rotatable bonds is 9. The number of alkyl halides is 3.